The van der Waals surface area contributed by atoms with Crippen LogP contribution in [0.1, 0.15) is 11.7 Å². The maximum Gasteiger partial charge on any atom is 0.262 e. The normalized spacial score (nSPS) is 23.7. The number of methoxy groups -OCH3 is 1. The minimum Gasteiger partial charge on any atom is -0.497 e. The molecule has 0 bridgehead atoms. The number of hydrogen-bond donors (Lipinski definition) is 2. The second-order valence-corrected chi connectivity index (χ2v) is 9.85. The summed E-state index contributed by atoms with van der Waals surface area (Å²) in [6, 6.07) is 11.1. The van der Waals surface area contributed by atoms with Crippen LogP contribution in [0.4, 0.5) is 5.69 Å². The van der Waals surface area contributed by atoms with Crippen LogP contribution < -0.4 is 19.5 Å². The van der Waals surface area contributed by atoms with Gasteiger partial charge in [-0.1, -0.05) is 17.7 Å². The Labute approximate surface area is 207 Å². The highest BCUT2D eigenvalue weighted by Crippen LogP contribution is 2.52. The largest absolute Gasteiger partial charge is 0.497 e. The van der Waals surface area contributed by atoms with Crippen molar-refractivity contribution in [3.05, 3.63) is 53.2 Å². The summed E-state index contributed by atoms with van der Waals surface area (Å²) in [4.78, 5) is 18.3. The standard InChI is InChI=1S/C26H26ClN3O5/c1-33-15-3-4-21-16(7-15)26(20(27)8-28-21)35-12-19-17-9-30(10-18(17)19)11-23(31)14-2-5-24-22(6-14)29-25(32)13-34-24/h2-8,17-19,23,31H,9-13H2,1H3,(H,29,32)/t17-,18+,19?,23?. The molecule has 1 aromatic heterocycles. The summed E-state index contributed by atoms with van der Waals surface area (Å²) in [6.07, 6.45) is 0.990. The van der Waals surface area contributed by atoms with Crippen LogP contribution in [0, 0.1) is 17.8 Å². The number of carbonyl (C=O) groups is 1. The molecular weight excluding hydrogens is 470 g/mol. The number of halogens is 1. The second kappa shape index (κ2) is 8.86. The third kappa shape index (κ3) is 4.26. The van der Waals surface area contributed by atoms with Gasteiger partial charge >= 0.3 is 0 Å². The minimum absolute atomic E-state index is 0.0219. The Morgan fingerprint density at radius 3 is 2.89 bits per heavy atom. The molecule has 0 radical (unpaired) electrons. The maximum absolute atomic E-state index is 11.6. The van der Waals surface area contributed by atoms with Gasteiger partial charge in [-0.15, -0.1) is 0 Å². The third-order valence-corrected chi connectivity index (χ3v) is 7.57. The van der Waals surface area contributed by atoms with E-state index in [1.54, 1.807) is 25.4 Å². The third-order valence-electron chi connectivity index (χ3n) is 7.30. The van der Waals surface area contributed by atoms with Crippen LogP contribution in [0.2, 0.25) is 5.02 Å². The molecule has 2 N–H and O–H groups in total. The Morgan fingerprint density at radius 1 is 1.26 bits per heavy atom. The van der Waals surface area contributed by atoms with Crippen molar-refractivity contribution in [1.29, 1.82) is 0 Å². The summed E-state index contributed by atoms with van der Waals surface area (Å²) >= 11 is 6.42. The number of β-amino-alcohol motifs (C(OH)–C–C–N with tert-alkyl or cyclic N) is 1. The average molecular weight is 496 g/mol. The number of piperidine rings is 1. The van der Waals surface area contributed by atoms with Gasteiger partial charge in [-0.3, -0.25) is 14.7 Å². The Balaban J connectivity index is 1.05. The molecule has 9 heteroatoms. The lowest BCUT2D eigenvalue weighted by atomic mass is 10.1. The fraction of sp³-hybridized carbons (Fsp3) is 0.385. The first kappa shape index (κ1) is 22.4. The maximum atomic E-state index is 11.6. The first-order valence-electron chi connectivity index (χ1n) is 11.7. The minimum atomic E-state index is -0.636. The summed E-state index contributed by atoms with van der Waals surface area (Å²) in [5.41, 5.74) is 2.19. The van der Waals surface area contributed by atoms with Gasteiger partial charge in [0, 0.05) is 37.1 Å². The first-order chi connectivity index (χ1) is 17.0. The van der Waals surface area contributed by atoms with Gasteiger partial charge in [0.2, 0.25) is 0 Å². The number of nitrogens with zero attached hydrogens (tertiary/aromatic N) is 2. The number of ether oxygens (including phenoxy) is 3. The van der Waals surface area contributed by atoms with E-state index in [4.69, 9.17) is 25.8 Å². The van der Waals surface area contributed by atoms with Crippen molar-refractivity contribution in [3.63, 3.8) is 0 Å². The average Bonchev–Trinajstić information content (AvgIpc) is 3.32. The Morgan fingerprint density at radius 2 is 2.09 bits per heavy atom. The number of carbonyl (C=O) groups excluding carboxylic acids is 1. The Bertz CT molecular complexity index is 1290. The van der Waals surface area contributed by atoms with Crippen molar-refractivity contribution < 1.29 is 24.1 Å². The number of rotatable bonds is 7. The van der Waals surface area contributed by atoms with Crippen LogP contribution in [0.3, 0.4) is 0 Å². The molecule has 0 spiro atoms. The molecule has 1 saturated carbocycles. The SMILES string of the molecule is COc1ccc2ncc(Cl)c(OCC3[C@H]4CN(CC(O)c5ccc6c(c5)NC(=O)CO6)C[C@@H]34)c2c1. The van der Waals surface area contributed by atoms with E-state index in [0.717, 1.165) is 35.3 Å². The molecule has 2 fully saturated rings. The number of amides is 1. The highest BCUT2D eigenvalue weighted by molar-refractivity contribution is 6.33. The van der Waals surface area contributed by atoms with Crippen LogP contribution in [0.15, 0.2) is 42.6 Å². The molecule has 3 heterocycles. The van der Waals surface area contributed by atoms with Crippen LogP contribution in [-0.4, -0.2) is 60.9 Å². The summed E-state index contributed by atoms with van der Waals surface area (Å²) < 4.78 is 17.0. The van der Waals surface area contributed by atoms with Gasteiger partial charge in [0.1, 0.15) is 22.3 Å². The molecule has 2 unspecified atom stereocenters. The van der Waals surface area contributed by atoms with E-state index in [1.807, 2.05) is 24.3 Å². The van der Waals surface area contributed by atoms with Gasteiger partial charge in [0.05, 0.1) is 31.0 Å². The van der Waals surface area contributed by atoms with Crippen LogP contribution in [-0.2, 0) is 4.79 Å². The summed E-state index contributed by atoms with van der Waals surface area (Å²) in [6.45, 7) is 3.04. The monoisotopic (exact) mass is 495 g/mol. The first-order valence-corrected chi connectivity index (χ1v) is 12.1. The quantitative estimate of drug-likeness (QED) is 0.518. The van der Waals surface area contributed by atoms with Crippen molar-refractivity contribution in [2.75, 3.05) is 45.3 Å². The number of anilines is 1. The molecule has 182 valence electrons. The van der Waals surface area contributed by atoms with E-state index in [9.17, 15) is 9.90 Å². The summed E-state index contributed by atoms with van der Waals surface area (Å²) in [5, 5.41) is 14.9. The molecule has 1 aliphatic carbocycles. The molecule has 35 heavy (non-hydrogen) atoms. The lowest BCUT2D eigenvalue weighted by molar-refractivity contribution is -0.118. The number of hydrogen-bond acceptors (Lipinski definition) is 7. The van der Waals surface area contributed by atoms with Crippen molar-refractivity contribution in [1.82, 2.24) is 9.88 Å². The lowest BCUT2D eigenvalue weighted by Crippen LogP contribution is -2.30. The van der Waals surface area contributed by atoms with Crippen molar-refractivity contribution in [2.45, 2.75) is 6.10 Å². The molecule has 1 saturated heterocycles. The number of benzene rings is 2. The lowest BCUT2D eigenvalue weighted by Gasteiger charge is -2.24. The van der Waals surface area contributed by atoms with E-state index in [1.165, 1.54) is 0 Å². The van der Waals surface area contributed by atoms with E-state index in [2.05, 4.69) is 15.2 Å². The summed E-state index contributed by atoms with van der Waals surface area (Å²) in [7, 11) is 1.63. The van der Waals surface area contributed by atoms with Crippen molar-refractivity contribution in [3.8, 4) is 17.2 Å². The fourth-order valence-corrected chi connectivity index (χ4v) is 5.57. The number of nitrogens with one attached hydrogen (secondary N) is 1. The van der Waals surface area contributed by atoms with E-state index in [0.29, 0.717) is 53.1 Å². The van der Waals surface area contributed by atoms with E-state index < -0.39 is 6.10 Å². The van der Waals surface area contributed by atoms with Gasteiger partial charge in [0.25, 0.3) is 5.91 Å². The summed E-state index contributed by atoms with van der Waals surface area (Å²) in [5.74, 6) is 3.42. The molecular formula is C26H26ClN3O5. The van der Waals surface area contributed by atoms with Gasteiger partial charge in [-0.25, -0.2) is 0 Å². The number of aliphatic hydroxyl groups is 1. The Hall–Kier alpha value is -3.07. The predicted octanol–water partition coefficient (Wildman–Crippen LogP) is 3.52. The highest BCUT2D eigenvalue weighted by atomic mass is 35.5. The number of aliphatic hydroxyl groups excluding tert-OH is 1. The number of fused-ring (bicyclic) bond motifs is 3. The Kier molecular flexibility index (Phi) is 5.67. The predicted molar refractivity (Wildman–Crippen MR) is 131 cm³/mol. The smallest absolute Gasteiger partial charge is 0.262 e. The zero-order valence-corrected chi connectivity index (χ0v) is 20.0. The van der Waals surface area contributed by atoms with E-state index >= 15 is 0 Å². The number of pyridine rings is 1. The molecule has 2 aliphatic heterocycles. The van der Waals surface area contributed by atoms with Crippen LogP contribution in [0.25, 0.3) is 10.9 Å². The van der Waals surface area contributed by atoms with Gasteiger partial charge in [-0.05, 0) is 47.7 Å². The van der Waals surface area contributed by atoms with Crippen molar-refractivity contribution >= 4 is 34.1 Å². The van der Waals surface area contributed by atoms with Crippen LogP contribution in [0.5, 0.6) is 17.2 Å². The highest BCUT2D eigenvalue weighted by Gasteiger charge is 2.55. The zero-order valence-electron chi connectivity index (χ0n) is 19.2. The van der Waals surface area contributed by atoms with Gasteiger partial charge in [-0.2, -0.15) is 0 Å². The van der Waals surface area contributed by atoms with E-state index in [-0.39, 0.29) is 12.5 Å². The molecule has 4 atom stereocenters. The molecule has 8 nitrogen and oxygen atoms in total. The molecule has 2 aromatic carbocycles. The van der Waals surface area contributed by atoms with Crippen LogP contribution >= 0.6 is 11.6 Å². The zero-order chi connectivity index (χ0) is 24.1. The molecule has 3 aliphatic rings. The second-order valence-electron chi connectivity index (χ2n) is 9.45. The molecule has 6 rings (SSSR count). The number of aromatic nitrogens is 1. The van der Waals surface area contributed by atoms with Crippen molar-refractivity contribution in [2.24, 2.45) is 17.8 Å². The number of likely N-dealkylation sites (tertiary alicyclic amines) is 1. The topological polar surface area (TPSA) is 93.2 Å². The van der Waals surface area contributed by atoms with Gasteiger partial charge < -0.3 is 24.6 Å². The molecule has 1 amide bonds. The molecule has 3 aromatic rings. The fourth-order valence-electron chi connectivity index (χ4n) is 5.37. The van der Waals surface area contributed by atoms with Gasteiger partial charge in [0.15, 0.2) is 6.61 Å².